The van der Waals surface area contributed by atoms with Gasteiger partial charge >= 0.3 is 0 Å². The van der Waals surface area contributed by atoms with Crippen LogP contribution >= 0.6 is 15.9 Å². The molecule has 1 aromatic rings. The number of rotatable bonds is 2. The van der Waals surface area contributed by atoms with Gasteiger partial charge in [0.05, 0.1) is 5.69 Å². The predicted octanol–water partition coefficient (Wildman–Crippen LogP) is 2.05. The molecule has 1 heterocycles. The number of likely N-dealkylation sites (N-methyl/N-ethyl adjacent to an activating group) is 1. The van der Waals surface area contributed by atoms with Crippen molar-refractivity contribution in [1.29, 1.82) is 0 Å². The number of piperazine rings is 1. The van der Waals surface area contributed by atoms with Crippen molar-refractivity contribution in [2.45, 2.75) is 19.5 Å². The standard InChI is InChI=1S/C13H20BrN3/c1-10-9-17(6-5-16(10)2)13-4-3-11(8-15)7-12(13)14/h3-4,7,10H,5-6,8-9,15H2,1-2H3. The number of nitrogens with two attached hydrogens (primary N) is 1. The molecule has 94 valence electrons. The minimum Gasteiger partial charge on any atom is -0.368 e. The highest BCUT2D eigenvalue weighted by Gasteiger charge is 2.21. The number of benzene rings is 1. The summed E-state index contributed by atoms with van der Waals surface area (Å²) in [6.07, 6.45) is 0. The molecule has 1 saturated heterocycles. The molecule has 1 aliphatic heterocycles. The van der Waals surface area contributed by atoms with Gasteiger partial charge in [-0.15, -0.1) is 0 Å². The fourth-order valence-electron chi connectivity index (χ4n) is 2.20. The summed E-state index contributed by atoms with van der Waals surface area (Å²) in [5.74, 6) is 0. The normalized spacial score (nSPS) is 21.9. The molecule has 0 bridgehead atoms. The smallest absolute Gasteiger partial charge is 0.0511 e. The van der Waals surface area contributed by atoms with Crippen molar-refractivity contribution in [3.63, 3.8) is 0 Å². The van der Waals surface area contributed by atoms with E-state index in [0.717, 1.165) is 24.1 Å². The van der Waals surface area contributed by atoms with E-state index in [1.165, 1.54) is 11.3 Å². The monoisotopic (exact) mass is 297 g/mol. The molecule has 17 heavy (non-hydrogen) atoms. The lowest BCUT2D eigenvalue weighted by Crippen LogP contribution is -2.50. The third kappa shape index (κ3) is 2.81. The average Bonchev–Trinajstić information content (AvgIpc) is 2.32. The van der Waals surface area contributed by atoms with Crippen molar-refractivity contribution in [3.8, 4) is 0 Å². The average molecular weight is 298 g/mol. The SMILES string of the molecule is CC1CN(c2ccc(CN)cc2Br)CCN1C. The molecule has 0 radical (unpaired) electrons. The molecule has 0 aliphatic carbocycles. The maximum absolute atomic E-state index is 5.65. The molecular formula is C13H20BrN3. The van der Waals surface area contributed by atoms with Crippen LogP contribution in [0.2, 0.25) is 0 Å². The highest BCUT2D eigenvalue weighted by Crippen LogP contribution is 2.28. The molecule has 3 nitrogen and oxygen atoms in total. The molecule has 4 heteroatoms. The summed E-state index contributed by atoms with van der Waals surface area (Å²) in [5.41, 5.74) is 8.10. The number of nitrogens with zero attached hydrogens (tertiary/aromatic N) is 2. The van der Waals surface area contributed by atoms with Crippen molar-refractivity contribution in [2.75, 3.05) is 31.6 Å². The second kappa shape index (κ2) is 5.38. The van der Waals surface area contributed by atoms with Gasteiger partial charge in [0.25, 0.3) is 0 Å². The van der Waals surface area contributed by atoms with Gasteiger partial charge in [-0.05, 0) is 47.6 Å². The Kier molecular flexibility index (Phi) is 4.07. The Bertz CT molecular complexity index is 394. The zero-order chi connectivity index (χ0) is 12.4. The van der Waals surface area contributed by atoms with Crippen LogP contribution < -0.4 is 10.6 Å². The van der Waals surface area contributed by atoms with E-state index >= 15 is 0 Å². The predicted molar refractivity (Wildman–Crippen MR) is 76.3 cm³/mol. The van der Waals surface area contributed by atoms with E-state index in [2.05, 4.69) is 57.9 Å². The van der Waals surface area contributed by atoms with Crippen molar-refractivity contribution < 1.29 is 0 Å². The summed E-state index contributed by atoms with van der Waals surface area (Å²) >= 11 is 3.65. The Morgan fingerprint density at radius 3 is 2.76 bits per heavy atom. The molecule has 1 unspecified atom stereocenters. The van der Waals surface area contributed by atoms with Crippen LogP contribution in [0.15, 0.2) is 22.7 Å². The fraction of sp³-hybridized carbons (Fsp3) is 0.538. The summed E-state index contributed by atoms with van der Waals surface area (Å²) < 4.78 is 1.15. The Labute approximate surface area is 112 Å². The van der Waals surface area contributed by atoms with Crippen LogP contribution in [-0.2, 0) is 6.54 Å². The van der Waals surface area contributed by atoms with E-state index in [9.17, 15) is 0 Å². The van der Waals surface area contributed by atoms with Crippen LogP contribution in [0.3, 0.4) is 0 Å². The van der Waals surface area contributed by atoms with Gasteiger partial charge in [0, 0.05) is 36.7 Å². The van der Waals surface area contributed by atoms with Gasteiger partial charge in [0.1, 0.15) is 0 Å². The first-order valence-electron chi connectivity index (χ1n) is 6.05. The maximum Gasteiger partial charge on any atom is 0.0511 e. The summed E-state index contributed by atoms with van der Waals surface area (Å²) in [7, 11) is 2.19. The second-order valence-electron chi connectivity index (χ2n) is 4.77. The van der Waals surface area contributed by atoms with Gasteiger partial charge in [-0.1, -0.05) is 6.07 Å². The summed E-state index contributed by atoms with van der Waals surface area (Å²) in [5, 5.41) is 0. The molecule has 2 N–H and O–H groups in total. The van der Waals surface area contributed by atoms with Crippen molar-refractivity contribution >= 4 is 21.6 Å². The lowest BCUT2D eigenvalue weighted by molar-refractivity contribution is 0.234. The van der Waals surface area contributed by atoms with E-state index in [1.807, 2.05) is 0 Å². The van der Waals surface area contributed by atoms with Crippen LogP contribution in [0.1, 0.15) is 12.5 Å². The molecule has 0 amide bonds. The first kappa shape index (κ1) is 12.9. The van der Waals surface area contributed by atoms with Crippen LogP contribution in [-0.4, -0.2) is 37.6 Å². The molecule has 1 fully saturated rings. The Morgan fingerprint density at radius 1 is 1.41 bits per heavy atom. The third-order valence-electron chi connectivity index (χ3n) is 3.55. The minimum atomic E-state index is 0.595. The van der Waals surface area contributed by atoms with Gasteiger partial charge in [0.15, 0.2) is 0 Å². The van der Waals surface area contributed by atoms with Crippen molar-refractivity contribution in [2.24, 2.45) is 5.73 Å². The molecule has 0 saturated carbocycles. The van der Waals surface area contributed by atoms with E-state index in [-0.39, 0.29) is 0 Å². The first-order chi connectivity index (χ1) is 8.11. The molecule has 0 aromatic heterocycles. The minimum absolute atomic E-state index is 0.595. The molecular weight excluding hydrogens is 278 g/mol. The maximum atomic E-state index is 5.65. The molecule has 0 spiro atoms. The van der Waals surface area contributed by atoms with Gasteiger partial charge < -0.3 is 15.5 Å². The van der Waals surface area contributed by atoms with E-state index in [1.54, 1.807) is 0 Å². The van der Waals surface area contributed by atoms with Crippen molar-refractivity contribution in [1.82, 2.24) is 4.90 Å². The van der Waals surface area contributed by atoms with Gasteiger partial charge in [-0.2, -0.15) is 0 Å². The fourth-order valence-corrected chi connectivity index (χ4v) is 2.88. The number of hydrogen-bond donors (Lipinski definition) is 1. The van der Waals surface area contributed by atoms with E-state index < -0.39 is 0 Å². The Morgan fingerprint density at radius 2 is 2.18 bits per heavy atom. The summed E-state index contributed by atoms with van der Waals surface area (Å²) in [6.45, 7) is 6.15. The number of halogens is 1. The van der Waals surface area contributed by atoms with Crippen LogP contribution in [0.4, 0.5) is 5.69 Å². The number of anilines is 1. The highest BCUT2D eigenvalue weighted by molar-refractivity contribution is 9.10. The Balaban J connectivity index is 2.17. The first-order valence-corrected chi connectivity index (χ1v) is 6.85. The lowest BCUT2D eigenvalue weighted by atomic mass is 10.1. The topological polar surface area (TPSA) is 32.5 Å². The molecule has 1 aliphatic rings. The van der Waals surface area contributed by atoms with Crippen molar-refractivity contribution in [3.05, 3.63) is 28.2 Å². The number of hydrogen-bond acceptors (Lipinski definition) is 3. The zero-order valence-corrected chi connectivity index (χ0v) is 12.1. The van der Waals surface area contributed by atoms with E-state index in [4.69, 9.17) is 5.73 Å². The molecule has 2 rings (SSSR count). The Hall–Kier alpha value is -0.580. The molecule has 1 atom stereocenters. The molecule has 1 aromatic carbocycles. The largest absolute Gasteiger partial charge is 0.368 e. The van der Waals surface area contributed by atoms with Crippen LogP contribution in [0.25, 0.3) is 0 Å². The van der Waals surface area contributed by atoms with E-state index in [0.29, 0.717) is 12.6 Å². The van der Waals surface area contributed by atoms with Gasteiger partial charge in [-0.3, -0.25) is 0 Å². The zero-order valence-electron chi connectivity index (χ0n) is 10.5. The highest BCUT2D eigenvalue weighted by atomic mass is 79.9. The lowest BCUT2D eigenvalue weighted by Gasteiger charge is -2.39. The third-order valence-corrected chi connectivity index (χ3v) is 4.18. The summed E-state index contributed by atoms with van der Waals surface area (Å²) in [6, 6.07) is 7.01. The van der Waals surface area contributed by atoms with Crippen LogP contribution in [0.5, 0.6) is 0 Å². The van der Waals surface area contributed by atoms with Crippen LogP contribution in [0, 0.1) is 0 Å². The second-order valence-corrected chi connectivity index (χ2v) is 5.62. The van der Waals surface area contributed by atoms with Gasteiger partial charge in [-0.25, -0.2) is 0 Å². The van der Waals surface area contributed by atoms with Gasteiger partial charge in [0.2, 0.25) is 0 Å². The quantitative estimate of drug-likeness (QED) is 0.907. The summed E-state index contributed by atoms with van der Waals surface area (Å²) in [4.78, 5) is 4.84.